The number of nitrogens with two attached hydrogens (primary N) is 1. The molecule has 0 unspecified atom stereocenters. The molecule has 1 fully saturated rings. The number of likely N-dealkylation sites (tertiary alicyclic amines) is 1. The number of phenolic OH excluding ortho intramolecular Hbond substituents is 1. The van der Waals surface area contributed by atoms with Gasteiger partial charge in [0.2, 0.25) is 5.91 Å². The Bertz CT molecular complexity index is 1310. The highest BCUT2D eigenvalue weighted by Gasteiger charge is 2.72. The Kier molecular flexibility index (Phi) is 7.51. The number of hydrogen-bond donors (Lipinski definition) is 5. The Balaban J connectivity index is 1.23. The van der Waals surface area contributed by atoms with Crippen LogP contribution in [0.2, 0.25) is 0 Å². The lowest BCUT2D eigenvalue weighted by atomic mass is 9.50. The predicted molar refractivity (Wildman–Crippen MR) is 145 cm³/mol. The number of aromatic hydroxyl groups is 1. The number of carbonyl (C=O) groups excluding carboxylic acids is 2. The quantitative estimate of drug-likeness (QED) is 0.187. The number of hydrogen-bond acceptors (Lipinski definition) is 10. The number of likely N-dealkylation sites (N-methyl/N-ethyl adjacent to an activating group) is 1. The molecular weight excluding hydrogens is 534 g/mol. The van der Waals surface area contributed by atoms with Gasteiger partial charge in [-0.1, -0.05) is 12.6 Å². The van der Waals surface area contributed by atoms with E-state index in [9.17, 15) is 24.6 Å². The monoisotopic (exact) mass is 571 g/mol. The number of carboxylic acids is 1. The summed E-state index contributed by atoms with van der Waals surface area (Å²) >= 11 is 0. The van der Waals surface area contributed by atoms with Crippen LogP contribution in [0.15, 0.2) is 36.3 Å². The van der Waals surface area contributed by atoms with E-state index in [0.717, 1.165) is 11.1 Å². The second kappa shape index (κ2) is 10.7. The smallest absolute Gasteiger partial charge is 0.352 e. The topological polar surface area (TPSA) is 181 Å². The van der Waals surface area contributed by atoms with E-state index in [1.54, 1.807) is 12.1 Å². The number of benzene rings is 1. The second-order valence-corrected chi connectivity index (χ2v) is 11.4. The summed E-state index contributed by atoms with van der Waals surface area (Å²) in [5.41, 5.74) is 5.48. The first-order chi connectivity index (χ1) is 19.4. The lowest BCUT2D eigenvalue weighted by Gasteiger charge is -2.61. The summed E-state index contributed by atoms with van der Waals surface area (Å²) in [4.78, 5) is 37.9. The number of amides is 1. The number of nitrogens with zero attached hydrogens (tertiary/aromatic N) is 1. The van der Waals surface area contributed by atoms with Crippen molar-refractivity contribution < 1.29 is 43.9 Å². The molecule has 1 saturated heterocycles. The van der Waals surface area contributed by atoms with Crippen LogP contribution in [0.5, 0.6) is 11.5 Å². The first-order valence-electron chi connectivity index (χ1n) is 13.8. The van der Waals surface area contributed by atoms with E-state index < -0.39 is 47.1 Å². The second-order valence-electron chi connectivity index (χ2n) is 11.4. The van der Waals surface area contributed by atoms with E-state index in [2.05, 4.69) is 16.8 Å². The highest BCUT2D eigenvalue weighted by atomic mass is 16.6. The van der Waals surface area contributed by atoms with Gasteiger partial charge in [-0.25, -0.2) is 4.79 Å². The number of aliphatic hydroxyl groups is 1. The standard InChI is InChI=1S/C29H37N3O9/c1-15(9-12-31-26(36)18(30)5-7-22(34)35)39-16(2)27(37)40-20-8-10-29(38)21-14-17-4-6-19(33)24-23(17)28(29,25(20)41-24)11-13-32(21)3/h4,6,8,16,18,21,25,33,38H,1,5,7,9-14,30H2,2-3H3,(H,31,36)(H,34,35)/t16-,18-,21+,25-,28-,29+/m0/s1. The highest BCUT2D eigenvalue weighted by molar-refractivity contribution is 5.82. The Hall–Kier alpha value is -3.61. The number of carboxylic acid groups (broad SMARTS) is 1. The number of carbonyl (C=O) groups is 3. The van der Waals surface area contributed by atoms with E-state index >= 15 is 0 Å². The number of esters is 1. The van der Waals surface area contributed by atoms with Crippen LogP contribution >= 0.6 is 0 Å². The van der Waals surface area contributed by atoms with E-state index in [0.29, 0.717) is 25.1 Å². The van der Waals surface area contributed by atoms with Crippen molar-refractivity contribution in [2.24, 2.45) is 5.73 Å². The molecule has 1 aromatic rings. The molecule has 0 radical (unpaired) electrons. The summed E-state index contributed by atoms with van der Waals surface area (Å²) in [5.74, 6) is -1.36. The third-order valence-electron chi connectivity index (χ3n) is 8.96. The van der Waals surface area contributed by atoms with Crippen LogP contribution in [0.25, 0.3) is 0 Å². The van der Waals surface area contributed by atoms with E-state index in [1.807, 2.05) is 13.1 Å². The molecular formula is C29H37N3O9. The Labute approximate surface area is 237 Å². The van der Waals surface area contributed by atoms with Crippen molar-refractivity contribution >= 4 is 17.8 Å². The van der Waals surface area contributed by atoms with Gasteiger partial charge in [-0.3, -0.25) is 9.59 Å². The van der Waals surface area contributed by atoms with Crippen molar-refractivity contribution in [3.8, 4) is 11.5 Å². The van der Waals surface area contributed by atoms with Gasteiger partial charge in [-0.05, 0) is 57.5 Å². The van der Waals surface area contributed by atoms with E-state index in [4.69, 9.17) is 25.1 Å². The van der Waals surface area contributed by atoms with Crippen molar-refractivity contribution in [1.82, 2.24) is 10.2 Å². The van der Waals surface area contributed by atoms with Gasteiger partial charge in [0, 0.05) is 37.4 Å². The third-order valence-corrected chi connectivity index (χ3v) is 8.96. The van der Waals surface area contributed by atoms with Gasteiger partial charge in [0.1, 0.15) is 5.76 Å². The summed E-state index contributed by atoms with van der Waals surface area (Å²) in [6.45, 7) is 6.18. The van der Waals surface area contributed by atoms with Crippen LogP contribution < -0.4 is 15.8 Å². The van der Waals surface area contributed by atoms with Crippen molar-refractivity contribution in [2.45, 2.75) is 80.8 Å². The maximum absolute atomic E-state index is 13.1. The fourth-order valence-corrected chi connectivity index (χ4v) is 6.86. The number of aliphatic carboxylic acids is 1. The molecule has 2 heterocycles. The molecule has 0 aromatic heterocycles. The molecule has 2 aliphatic carbocycles. The van der Waals surface area contributed by atoms with Gasteiger partial charge >= 0.3 is 11.9 Å². The largest absolute Gasteiger partial charge is 0.504 e. The third kappa shape index (κ3) is 4.73. The molecule has 0 saturated carbocycles. The molecule has 2 aliphatic heterocycles. The normalized spacial score (nSPS) is 28.8. The minimum atomic E-state index is -1.16. The molecule has 2 bridgehead atoms. The maximum Gasteiger partial charge on any atom is 0.352 e. The number of piperidine rings is 1. The SMILES string of the molecule is C=C(CCNC(=O)[C@@H](N)CCC(=O)O)O[C@@H](C)C(=O)OC1=CC[C@@]2(O)[C@H]3Cc4ccc(O)c5c4[C@@]2(CCN3C)[C@H]1O5. The van der Waals surface area contributed by atoms with Gasteiger partial charge in [0.05, 0.1) is 22.8 Å². The minimum Gasteiger partial charge on any atom is -0.504 e. The molecule has 41 heavy (non-hydrogen) atoms. The van der Waals surface area contributed by atoms with Gasteiger partial charge < -0.3 is 45.5 Å². The van der Waals surface area contributed by atoms with Gasteiger partial charge in [-0.15, -0.1) is 0 Å². The van der Waals surface area contributed by atoms with Crippen LogP contribution in [-0.2, 0) is 35.7 Å². The molecule has 222 valence electrons. The molecule has 6 atom stereocenters. The number of ether oxygens (including phenoxy) is 3. The molecule has 12 heteroatoms. The first-order valence-corrected chi connectivity index (χ1v) is 13.8. The van der Waals surface area contributed by atoms with Crippen LogP contribution in [-0.4, -0.2) is 88.1 Å². The first kappa shape index (κ1) is 28.9. The number of rotatable bonds is 11. The summed E-state index contributed by atoms with van der Waals surface area (Å²) in [7, 11) is 2.00. The fraction of sp³-hybridized carbons (Fsp3) is 0.552. The lowest BCUT2D eigenvalue weighted by molar-refractivity contribution is -0.172. The zero-order valence-corrected chi connectivity index (χ0v) is 23.2. The molecule has 1 amide bonds. The predicted octanol–water partition coefficient (Wildman–Crippen LogP) is 0.830. The average molecular weight is 572 g/mol. The van der Waals surface area contributed by atoms with Crippen molar-refractivity contribution in [3.63, 3.8) is 0 Å². The maximum atomic E-state index is 13.1. The van der Waals surface area contributed by atoms with E-state index in [1.165, 1.54) is 6.92 Å². The van der Waals surface area contributed by atoms with E-state index in [-0.39, 0.29) is 55.5 Å². The Morgan fingerprint density at radius 3 is 2.80 bits per heavy atom. The summed E-state index contributed by atoms with van der Waals surface area (Å²) < 4.78 is 17.8. The Morgan fingerprint density at radius 2 is 2.07 bits per heavy atom. The molecule has 1 aromatic carbocycles. The summed E-state index contributed by atoms with van der Waals surface area (Å²) in [5, 5.41) is 34.1. The van der Waals surface area contributed by atoms with Crippen LogP contribution in [0, 0.1) is 0 Å². The highest BCUT2D eigenvalue weighted by Crippen LogP contribution is 2.65. The molecule has 6 N–H and O–H groups in total. The molecule has 12 nitrogen and oxygen atoms in total. The van der Waals surface area contributed by atoms with Crippen LogP contribution in [0.4, 0.5) is 0 Å². The van der Waals surface area contributed by atoms with Crippen LogP contribution in [0.3, 0.4) is 0 Å². The van der Waals surface area contributed by atoms with Crippen molar-refractivity contribution in [1.29, 1.82) is 0 Å². The minimum absolute atomic E-state index is 0.0131. The fourth-order valence-electron chi connectivity index (χ4n) is 6.86. The van der Waals surface area contributed by atoms with Crippen LogP contribution in [0.1, 0.15) is 50.2 Å². The molecule has 5 rings (SSSR count). The van der Waals surface area contributed by atoms with Gasteiger partial charge in [0.15, 0.2) is 23.7 Å². The summed E-state index contributed by atoms with van der Waals surface area (Å²) in [6.07, 6.45) is 1.33. The van der Waals surface area contributed by atoms with Crippen molar-refractivity contribution in [3.05, 3.63) is 47.4 Å². The number of phenols is 1. The Morgan fingerprint density at radius 1 is 1.32 bits per heavy atom. The number of nitrogens with one attached hydrogen (secondary N) is 1. The molecule has 1 spiro atoms. The van der Waals surface area contributed by atoms with Gasteiger partial charge in [0.25, 0.3) is 0 Å². The molecule has 4 aliphatic rings. The summed E-state index contributed by atoms with van der Waals surface area (Å²) in [6, 6.07) is 2.38. The average Bonchev–Trinajstić information content (AvgIpc) is 3.28. The lowest BCUT2D eigenvalue weighted by Crippen LogP contribution is -2.74. The van der Waals surface area contributed by atoms with Gasteiger partial charge in [-0.2, -0.15) is 0 Å². The zero-order valence-electron chi connectivity index (χ0n) is 23.2. The van der Waals surface area contributed by atoms with Crippen molar-refractivity contribution in [2.75, 3.05) is 20.1 Å². The zero-order chi connectivity index (χ0) is 29.7.